The summed E-state index contributed by atoms with van der Waals surface area (Å²) >= 11 is 0. The SMILES string of the molecule is COc1cc(C(=O)Nc2ccc(C)cn2)ccc1C. The molecule has 1 aromatic carbocycles. The highest BCUT2D eigenvalue weighted by molar-refractivity contribution is 6.04. The van der Waals surface area contributed by atoms with Crippen LogP contribution >= 0.6 is 0 Å². The number of methoxy groups -OCH3 is 1. The second-order valence-electron chi connectivity index (χ2n) is 4.36. The van der Waals surface area contributed by atoms with E-state index in [0.29, 0.717) is 17.1 Å². The Hall–Kier alpha value is -2.36. The van der Waals surface area contributed by atoms with Crippen molar-refractivity contribution in [2.24, 2.45) is 0 Å². The molecule has 0 aliphatic carbocycles. The average molecular weight is 256 g/mol. The summed E-state index contributed by atoms with van der Waals surface area (Å²) in [5.41, 5.74) is 2.59. The minimum Gasteiger partial charge on any atom is -0.496 e. The van der Waals surface area contributed by atoms with Crippen molar-refractivity contribution in [2.75, 3.05) is 12.4 Å². The average Bonchev–Trinajstić information content (AvgIpc) is 2.42. The van der Waals surface area contributed by atoms with Crippen LogP contribution in [0.2, 0.25) is 0 Å². The minimum absolute atomic E-state index is 0.199. The molecule has 1 amide bonds. The van der Waals surface area contributed by atoms with E-state index < -0.39 is 0 Å². The van der Waals surface area contributed by atoms with Gasteiger partial charge in [0.25, 0.3) is 5.91 Å². The van der Waals surface area contributed by atoms with Crippen LogP contribution in [0.25, 0.3) is 0 Å². The summed E-state index contributed by atoms with van der Waals surface area (Å²) in [6.07, 6.45) is 1.71. The second-order valence-corrected chi connectivity index (χ2v) is 4.36. The lowest BCUT2D eigenvalue weighted by molar-refractivity contribution is 0.102. The Bertz CT molecular complexity index is 592. The molecule has 0 aliphatic rings. The highest BCUT2D eigenvalue weighted by Crippen LogP contribution is 2.19. The third kappa shape index (κ3) is 3.10. The summed E-state index contributed by atoms with van der Waals surface area (Å²) in [4.78, 5) is 16.2. The Morgan fingerprint density at radius 3 is 2.63 bits per heavy atom. The molecule has 0 unspecified atom stereocenters. The van der Waals surface area contributed by atoms with Gasteiger partial charge in [0.05, 0.1) is 7.11 Å². The van der Waals surface area contributed by atoms with Crippen LogP contribution in [0.5, 0.6) is 5.75 Å². The largest absolute Gasteiger partial charge is 0.496 e. The van der Waals surface area contributed by atoms with Gasteiger partial charge in [-0.05, 0) is 43.2 Å². The number of hydrogen-bond acceptors (Lipinski definition) is 3. The van der Waals surface area contributed by atoms with E-state index in [1.54, 1.807) is 31.5 Å². The molecular formula is C15H16N2O2. The van der Waals surface area contributed by atoms with E-state index in [1.807, 2.05) is 26.0 Å². The summed E-state index contributed by atoms with van der Waals surface area (Å²) in [6, 6.07) is 9.02. The molecule has 4 heteroatoms. The monoisotopic (exact) mass is 256 g/mol. The van der Waals surface area contributed by atoms with Crippen molar-refractivity contribution in [1.82, 2.24) is 4.98 Å². The van der Waals surface area contributed by atoms with Crippen LogP contribution in [0, 0.1) is 13.8 Å². The number of benzene rings is 1. The van der Waals surface area contributed by atoms with Gasteiger partial charge in [0, 0.05) is 11.8 Å². The Labute approximate surface area is 112 Å². The van der Waals surface area contributed by atoms with Crippen molar-refractivity contribution in [3.63, 3.8) is 0 Å². The highest BCUT2D eigenvalue weighted by atomic mass is 16.5. The molecule has 2 aromatic rings. The number of nitrogens with one attached hydrogen (secondary N) is 1. The second kappa shape index (κ2) is 5.52. The maximum atomic E-state index is 12.1. The maximum absolute atomic E-state index is 12.1. The first-order chi connectivity index (χ1) is 9.10. The van der Waals surface area contributed by atoms with E-state index in [2.05, 4.69) is 10.3 Å². The number of pyridine rings is 1. The molecule has 0 saturated carbocycles. The van der Waals surface area contributed by atoms with Crippen molar-refractivity contribution in [2.45, 2.75) is 13.8 Å². The normalized spacial score (nSPS) is 10.1. The molecule has 0 aliphatic heterocycles. The molecule has 2 rings (SSSR count). The Morgan fingerprint density at radius 2 is 2.00 bits per heavy atom. The van der Waals surface area contributed by atoms with E-state index in [0.717, 1.165) is 11.1 Å². The fourth-order valence-corrected chi connectivity index (χ4v) is 1.69. The van der Waals surface area contributed by atoms with Crippen LogP contribution in [-0.2, 0) is 0 Å². The van der Waals surface area contributed by atoms with Gasteiger partial charge in [-0.15, -0.1) is 0 Å². The molecule has 0 saturated heterocycles. The van der Waals surface area contributed by atoms with Gasteiger partial charge in [0.15, 0.2) is 0 Å². The van der Waals surface area contributed by atoms with Crippen molar-refractivity contribution in [3.05, 3.63) is 53.2 Å². The Morgan fingerprint density at radius 1 is 1.21 bits per heavy atom. The minimum atomic E-state index is -0.199. The standard InChI is InChI=1S/C15H16N2O2/c1-10-4-7-14(16-9-10)17-15(18)12-6-5-11(2)13(8-12)19-3/h4-9H,1-3H3,(H,16,17,18). The molecule has 98 valence electrons. The smallest absolute Gasteiger partial charge is 0.256 e. The lowest BCUT2D eigenvalue weighted by atomic mass is 10.1. The number of amides is 1. The van der Waals surface area contributed by atoms with E-state index in [1.165, 1.54) is 0 Å². The van der Waals surface area contributed by atoms with Gasteiger partial charge in [-0.3, -0.25) is 4.79 Å². The van der Waals surface area contributed by atoms with Gasteiger partial charge in [-0.1, -0.05) is 12.1 Å². The zero-order valence-electron chi connectivity index (χ0n) is 11.2. The number of ether oxygens (including phenoxy) is 1. The molecule has 0 bridgehead atoms. The van der Waals surface area contributed by atoms with Crippen molar-refractivity contribution >= 4 is 11.7 Å². The molecule has 1 heterocycles. The predicted octanol–water partition coefficient (Wildman–Crippen LogP) is 2.96. The Balaban J connectivity index is 2.18. The zero-order valence-corrected chi connectivity index (χ0v) is 11.2. The van der Waals surface area contributed by atoms with Gasteiger partial charge >= 0.3 is 0 Å². The highest BCUT2D eigenvalue weighted by Gasteiger charge is 2.09. The van der Waals surface area contributed by atoms with Gasteiger partial charge in [0.2, 0.25) is 0 Å². The third-order valence-corrected chi connectivity index (χ3v) is 2.82. The third-order valence-electron chi connectivity index (χ3n) is 2.82. The quantitative estimate of drug-likeness (QED) is 0.918. The molecule has 1 aromatic heterocycles. The fraction of sp³-hybridized carbons (Fsp3) is 0.200. The topological polar surface area (TPSA) is 51.2 Å². The molecule has 4 nitrogen and oxygen atoms in total. The summed E-state index contributed by atoms with van der Waals surface area (Å²) < 4.78 is 5.21. The molecule has 0 spiro atoms. The molecular weight excluding hydrogens is 240 g/mol. The zero-order chi connectivity index (χ0) is 13.8. The number of anilines is 1. The maximum Gasteiger partial charge on any atom is 0.256 e. The first kappa shape index (κ1) is 13.1. The lowest BCUT2D eigenvalue weighted by Gasteiger charge is -2.08. The molecule has 1 N–H and O–H groups in total. The fourth-order valence-electron chi connectivity index (χ4n) is 1.69. The van der Waals surface area contributed by atoms with E-state index in [4.69, 9.17) is 4.74 Å². The molecule has 0 radical (unpaired) electrons. The van der Waals surface area contributed by atoms with Gasteiger partial charge in [-0.2, -0.15) is 0 Å². The van der Waals surface area contributed by atoms with Gasteiger partial charge < -0.3 is 10.1 Å². The first-order valence-electron chi connectivity index (χ1n) is 5.99. The van der Waals surface area contributed by atoms with Crippen LogP contribution in [0.15, 0.2) is 36.5 Å². The lowest BCUT2D eigenvalue weighted by Crippen LogP contribution is -2.13. The van der Waals surface area contributed by atoms with Gasteiger partial charge in [0.1, 0.15) is 11.6 Å². The number of carbonyl (C=O) groups excluding carboxylic acids is 1. The number of aryl methyl sites for hydroxylation is 2. The molecule has 0 atom stereocenters. The summed E-state index contributed by atoms with van der Waals surface area (Å²) in [7, 11) is 1.59. The van der Waals surface area contributed by atoms with Crippen LogP contribution in [0.1, 0.15) is 21.5 Å². The number of nitrogens with zero attached hydrogens (tertiary/aromatic N) is 1. The Kier molecular flexibility index (Phi) is 3.80. The summed E-state index contributed by atoms with van der Waals surface area (Å²) in [5, 5.41) is 2.75. The number of rotatable bonds is 3. The molecule has 19 heavy (non-hydrogen) atoms. The summed E-state index contributed by atoms with van der Waals surface area (Å²) in [5.74, 6) is 1.04. The van der Waals surface area contributed by atoms with Crippen LogP contribution in [-0.4, -0.2) is 18.0 Å². The van der Waals surface area contributed by atoms with Crippen LogP contribution in [0.4, 0.5) is 5.82 Å². The van der Waals surface area contributed by atoms with Crippen molar-refractivity contribution in [3.8, 4) is 5.75 Å². The van der Waals surface area contributed by atoms with Crippen molar-refractivity contribution < 1.29 is 9.53 Å². The van der Waals surface area contributed by atoms with E-state index in [-0.39, 0.29) is 5.91 Å². The van der Waals surface area contributed by atoms with E-state index in [9.17, 15) is 4.79 Å². The van der Waals surface area contributed by atoms with Crippen molar-refractivity contribution in [1.29, 1.82) is 0 Å². The van der Waals surface area contributed by atoms with Crippen LogP contribution in [0.3, 0.4) is 0 Å². The predicted molar refractivity (Wildman–Crippen MR) is 74.7 cm³/mol. The number of carbonyl (C=O) groups is 1. The van der Waals surface area contributed by atoms with Crippen LogP contribution < -0.4 is 10.1 Å². The number of aromatic nitrogens is 1. The first-order valence-corrected chi connectivity index (χ1v) is 5.99. The summed E-state index contributed by atoms with van der Waals surface area (Å²) in [6.45, 7) is 3.88. The van der Waals surface area contributed by atoms with Gasteiger partial charge in [-0.25, -0.2) is 4.98 Å². The van der Waals surface area contributed by atoms with E-state index >= 15 is 0 Å². The molecule has 0 fully saturated rings. The number of hydrogen-bond donors (Lipinski definition) is 1.